The van der Waals surface area contributed by atoms with Crippen LogP contribution in [-0.4, -0.2) is 18.8 Å². The van der Waals surface area contributed by atoms with E-state index >= 15 is 0 Å². The lowest BCUT2D eigenvalue weighted by Gasteiger charge is -2.37. The lowest BCUT2D eigenvalue weighted by molar-refractivity contribution is -0.118. The van der Waals surface area contributed by atoms with Gasteiger partial charge in [-0.15, -0.1) is 0 Å². The molecule has 1 unspecified atom stereocenters. The van der Waals surface area contributed by atoms with Crippen LogP contribution < -0.4 is 15.0 Å². The second kappa shape index (κ2) is 7.07. The molecular weight excluding hydrogens is 364 g/mol. The zero-order valence-electron chi connectivity index (χ0n) is 17.3. The van der Waals surface area contributed by atoms with Gasteiger partial charge in [-0.2, -0.15) is 0 Å². The lowest BCUT2D eigenvalue weighted by atomic mass is 9.73. The Morgan fingerprint density at radius 2 is 1.79 bits per heavy atom. The number of nitrogens with one attached hydrogen (secondary N) is 1. The summed E-state index contributed by atoms with van der Waals surface area (Å²) in [5.74, 6) is 0.605. The molecule has 1 aliphatic carbocycles. The smallest absolute Gasteiger partial charge is 0.224 e. The average molecular weight is 390 g/mol. The third kappa shape index (κ3) is 3.31. The largest absolute Gasteiger partial charge is 0.496 e. The molecule has 0 bridgehead atoms. The first-order chi connectivity index (χ1) is 13.8. The molecule has 0 spiro atoms. The molecule has 0 fully saturated rings. The summed E-state index contributed by atoms with van der Waals surface area (Å²) in [6.45, 7) is 5.75. The van der Waals surface area contributed by atoms with Crippen LogP contribution in [0.25, 0.3) is 0 Å². The highest BCUT2D eigenvalue weighted by Crippen LogP contribution is 2.49. The van der Waals surface area contributed by atoms with Crippen LogP contribution >= 0.6 is 0 Å². The van der Waals surface area contributed by atoms with Crippen LogP contribution in [0.15, 0.2) is 59.8 Å². The molecule has 2 aromatic carbocycles. The number of rotatable bonds is 2. The zero-order chi connectivity index (χ0) is 20.8. The summed E-state index contributed by atoms with van der Waals surface area (Å²) in [6.07, 6.45) is 1.18. The molecule has 1 heterocycles. The summed E-state index contributed by atoms with van der Waals surface area (Å²) in [5.41, 5.74) is 3.80. The summed E-state index contributed by atoms with van der Waals surface area (Å²) >= 11 is 0. The first-order valence-corrected chi connectivity index (χ1v) is 9.87. The molecule has 1 N–H and O–H groups in total. The van der Waals surface area contributed by atoms with Gasteiger partial charge in [0.2, 0.25) is 5.91 Å². The number of fused-ring (bicyclic) bond motifs is 1. The molecule has 5 heteroatoms. The van der Waals surface area contributed by atoms with Crippen molar-refractivity contribution < 1.29 is 14.3 Å². The van der Waals surface area contributed by atoms with Crippen molar-refractivity contribution in [3.8, 4) is 5.75 Å². The Morgan fingerprint density at radius 3 is 2.52 bits per heavy atom. The highest BCUT2D eigenvalue weighted by Gasteiger charge is 2.43. The molecule has 150 valence electrons. The second-order valence-corrected chi connectivity index (χ2v) is 8.51. The minimum atomic E-state index is -0.543. The first kappa shape index (κ1) is 19.2. The molecule has 5 nitrogen and oxygen atoms in total. The van der Waals surface area contributed by atoms with E-state index in [0.717, 1.165) is 29.1 Å². The number of nitrogens with zero attached hydrogens (tertiary/aromatic N) is 1. The van der Waals surface area contributed by atoms with E-state index in [1.807, 2.05) is 48.5 Å². The Morgan fingerprint density at radius 1 is 1.10 bits per heavy atom. The third-order valence-corrected chi connectivity index (χ3v) is 5.67. The topological polar surface area (TPSA) is 58.6 Å². The van der Waals surface area contributed by atoms with Gasteiger partial charge in [0.05, 0.1) is 24.5 Å². The minimum absolute atomic E-state index is 0.0683. The number of allylic oxidation sites excluding steroid dienone is 1. The molecule has 0 saturated heterocycles. The van der Waals surface area contributed by atoms with Crippen molar-refractivity contribution in [2.45, 2.75) is 39.7 Å². The van der Waals surface area contributed by atoms with Crippen molar-refractivity contribution in [1.82, 2.24) is 0 Å². The summed E-state index contributed by atoms with van der Waals surface area (Å²) in [5, 5.41) is 3.49. The number of anilines is 2. The van der Waals surface area contributed by atoms with E-state index in [0.29, 0.717) is 17.7 Å². The average Bonchev–Trinajstić information content (AvgIpc) is 2.81. The standard InChI is InChI=1S/C24H26N2O3/c1-15(27)26-19-11-7-6-10-17(19)25-18-13-24(2,3)14-20(28)22(18)23(26)16-9-5-8-12-21(16)29-4/h5-12,23,25H,13-14H2,1-4H3. The SMILES string of the molecule is COc1ccccc1C1C2=C(CC(C)(C)CC2=O)Nc2ccccc2N1C(C)=O. The highest BCUT2D eigenvalue weighted by molar-refractivity contribution is 6.06. The molecule has 0 radical (unpaired) electrons. The number of Topliss-reactive ketones (excluding diaryl/α,β-unsaturated/α-hetero) is 1. The van der Waals surface area contributed by atoms with Crippen molar-refractivity contribution in [2.75, 3.05) is 17.3 Å². The number of para-hydroxylation sites is 3. The Balaban J connectivity index is 2.04. The molecular formula is C24H26N2O3. The molecule has 1 atom stereocenters. The van der Waals surface area contributed by atoms with Gasteiger partial charge in [0.15, 0.2) is 5.78 Å². The minimum Gasteiger partial charge on any atom is -0.496 e. The van der Waals surface area contributed by atoms with Gasteiger partial charge >= 0.3 is 0 Å². The van der Waals surface area contributed by atoms with Crippen LogP contribution in [0.2, 0.25) is 0 Å². The quantitative estimate of drug-likeness (QED) is 0.796. The number of amides is 1. The van der Waals surface area contributed by atoms with Crippen LogP contribution in [0.5, 0.6) is 5.75 Å². The maximum Gasteiger partial charge on any atom is 0.224 e. The van der Waals surface area contributed by atoms with Gasteiger partial charge in [-0.1, -0.05) is 44.2 Å². The number of methoxy groups -OCH3 is 1. The van der Waals surface area contributed by atoms with E-state index in [2.05, 4.69) is 19.2 Å². The fourth-order valence-electron chi connectivity index (χ4n) is 4.52. The maximum atomic E-state index is 13.4. The van der Waals surface area contributed by atoms with E-state index in [4.69, 9.17) is 4.74 Å². The van der Waals surface area contributed by atoms with Gasteiger partial charge in [0.25, 0.3) is 0 Å². The number of ether oxygens (including phenoxy) is 1. The van der Waals surface area contributed by atoms with Crippen molar-refractivity contribution in [3.05, 3.63) is 65.4 Å². The second-order valence-electron chi connectivity index (χ2n) is 8.51. The van der Waals surface area contributed by atoms with Gasteiger partial charge in [-0.3, -0.25) is 14.5 Å². The number of hydrogen-bond donors (Lipinski definition) is 1. The molecule has 4 rings (SSSR count). The van der Waals surface area contributed by atoms with Gasteiger partial charge in [-0.25, -0.2) is 0 Å². The summed E-state index contributed by atoms with van der Waals surface area (Å²) in [7, 11) is 1.61. The number of carbonyl (C=O) groups excluding carboxylic acids is 2. The number of benzene rings is 2. The van der Waals surface area contributed by atoms with Crippen molar-refractivity contribution in [3.63, 3.8) is 0 Å². The Hall–Kier alpha value is -3.08. The van der Waals surface area contributed by atoms with Gasteiger partial charge in [0.1, 0.15) is 5.75 Å². The fraction of sp³-hybridized carbons (Fsp3) is 0.333. The number of ketones is 1. The third-order valence-electron chi connectivity index (χ3n) is 5.67. The highest BCUT2D eigenvalue weighted by atomic mass is 16.5. The normalized spacial score (nSPS) is 20.3. The Labute approximate surface area is 171 Å². The van der Waals surface area contributed by atoms with Crippen molar-refractivity contribution >= 4 is 23.1 Å². The zero-order valence-corrected chi connectivity index (χ0v) is 17.3. The maximum absolute atomic E-state index is 13.4. The first-order valence-electron chi connectivity index (χ1n) is 9.87. The lowest BCUT2D eigenvalue weighted by Crippen LogP contribution is -2.38. The molecule has 0 aromatic heterocycles. The summed E-state index contributed by atoms with van der Waals surface area (Å²) in [4.78, 5) is 28.1. The van der Waals surface area contributed by atoms with Crippen LogP contribution in [0.1, 0.15) is 45.2 Å². The van der Waals surface area contributed by atoms with E-state index in [9.17, 15) is 9.59 Å². The van der Waals surface area contributed by atoms with Gasteiger partial charge in [-0.05, 0) is 30.0 Å². The van der Waals surface area contributed by atoms with E-state index in [1.54, 1.807) is 18.9 Å². The van der Waals surface area contributed by atoms with Crippen LogP contribution in [0, 0.1) is 5.41 Å². The molecule has 2 aliphatic rings. The molecule has 29 heavy (non-hydrogen) atoms. The number of carbonyl (C=O) groups is 2. The van der Waals surface area contributed by atoms with E-state index in [1.165, 1.54) is 0 Å². The van der Waals surface area contributed by atoms with Gasteiger partial charge in [0, 0.05) is 30.2 Å². The predicted molar refractivity (Wildman–Crippen MR) is 114 cm³/mol. The van der Waals surface area contributed by atoms with Gasteiger partial charge < -0.3 is 10.1 Å². The Bertz CT molecular complexity index is 1020. The van der Waals surface area contributed by atoms with E-state index in [-0.39, 0.29) is 17.1 Å². The molecule has 0 saturated carbocycles. The monoisotopic (exact) mass is 390 g/mol. The summed E-state index contributed by atoms with van der Waals surface area (Å²) in [6, 6.07) is 14.8. The van der Waals surface area contributed by atoms with Crippen molar-refractivity contribution in [1.29, 1.82) is 0 Å². The van der Waals surface area contributed by atoms with Crippen molar-refractivity contribution in [2.24, 2.45) is 5.41 Å². The summed E-state index contributed by atoms with van der Waals surface area (Å²) < 4.78 is 5.62. The van der Waals surface area contributed by atoms with Crippen LogP contribution in [0.4, 0.5) is 11.4 Å². The van der Waals surface area contributed by atoms with Crippen LogP contribution in [-0.2, 0) is 9.59 Å². The fourth-order valence-corrected chi connectivity index (χ4v) is 4.52. The molecule has 2 aromatic rings. The molecule has 1 aliphatic heterocycles. The number of hydrogen-bond acceptors (Lipinski definition) is 4. The Kier molecular flexibility index (Phi) is 4.69. The van der Waals surface area contributed by atoms with E-state index < -0.39 is 6.04 Å². The predicted octanol–water partition coefficient (Wildman–Crippen LogP) is 4.86. The molecule has 1 amide bonds. The van der Waals surface area contributed by atoms with Crippen LogP contribution in [0.3, 0.4) is 0 Å².